The second-order valence-electron chi connectivity index (χ2n) is 7.35. The molecule has 2 atom stereocenters. The Bertz CT molecular complexity index is 570. The molecule has 0 bridgehead atoms. The van der Waals surface area contributed by atoms with Gasteiger partial charge in [-0.05, 0) is 37.5 Å². The lowest BCUT2D eigenvalue weighted by molar-refractivity contribution is 0.0771. The first-order valence-corrected chi connectivity index (χ1v) is 9.20. The monoisotopic (exact) mass is 316 g/mol. The topological polar surface area (TPSA) is 53.5 Å². The van der Waals surface area contributed by atoms with Gasteiger partial charge < -0.3 is 20.5 Å². The van der Waals surface area contributed by atoms with E-state index in [9.17, 15) is 5.11 Å². The van der Waals surface area contributed by atoms with Gasteiger partial charge in [0.15, 0.2) is 0 Å². The molecule has 0 aromatic carbocycles. The molecule has 126 valence electrons. The van der Waals surface area contributed by atoms with Crippen molar-refractivity contribution in [3.05, 3.63) is 34.8 Å². The predicted molar refractivity (Wildman–Crippen MR) is 90.8 cm³/mol. The third-order valence-electron chi connectivity index (χ3n) is 5.82. The highest BCUT2D eigenvalue weighted by Crippen LogP contribution is 2.46. The van der Waals surface area contributed by atoms with E-state index < -0.39 is 6.10 Å². The van der Waals surface area contributed by atoms with Crippen LogP contribution in [-0.4, -0.2) is 35.9 Å². The van der Waals surface area contributed by atoms with Crippen LogP contribution >= 0.6 is 0 Å². The lowest BCUT2D eigenvalue weighted by atomic mass is 9.76. The fourth-order valence-corrected chi connectivity index (χ4v) is 4.70. The number of aliphatic hydroxyl groups excluding tert-OH is 1. The van der Waals surface area contributed by atoms with E-state index in [4.69, 9.17) is 4.74 Å². The van der Waals surface area contributed by atoms with Crippen molar-refractivity contribution < 1.29 is 9.84 Å². The zero-order valence-corrected chi connectivity index (χ0v) is 14.0. The van der Waals surface area contributed by atoms with Gasteiger partial charge in [0.1, 0.15) is 18.5 Å². The van der Waals surface area contributed by atoms with Crippen LogP contribution in [0.5, 0.6) is 0 Å². The molecule has 0 aromatic rings. The molecular formula is C19H28N2O2. The van der Waals surface area contributed by atoms with Gasteiger partial charge in [0.2, 0.25) is 0 Å². The molecular weight excluding hydrogens is 288 g/mol. The van der Waals surface area contributed by atoms with Gasteiger partial charge in [0.05, 0.1) is 11.6 Å². The maximum Gasteiger partial charge on any atom is 0.121 e. The highest BCUT2D eigenvalue weighted by molar-refractivity contribution is 5.49. The summed E-state index contributed by atoms with van der Waals surface area (Å²) in [5.41, 5.74) is 3.51. The van der Waals surface area contributed by atoms with E-state index in [0.29, 0.717) is 6.61 Å². The molecule has 3 N–H and O–H groups in total. The average molecular weight is 316 g/mol. The molecule has 4 heteroatoms. The Kier molecular flexibility index (Phi) is 3.98. The summed E-state index contributed by atoms with van der Waals surface area (Å²) in [6.07, 6.45) is 11.7. The number of nitrogens with one attached hydrogen (secondary N) is 2. The molecule has 4 nitrogen and oxygen atoms in total. The van der Waals surface area contributed by atoms with Crippen LogP contribution in [0.15, 0.2) is 34.8 Å². The minimum atomic E-state index is -0.393. The first-order chi connectivity index (χ1) is 11.2. The molecule has 2 aliphatic carbocycles. The molecule has 2 heterocycles. The third kappa shape index (κ3) is 2.43. The molecule has 1 fully saturated rings. The van der Waals surface area contributed by atoms with E-state index in [-0.39, 0.29) is 11.6 Å². The van der Waals surface area contributed by atoms with Crippen molar-refractivity contribution in [1.29, 1.82) is 0 Å². The van der Waals surface area contributed by atoms with Crippen molar-refractivity contribution in [2.24, 2.45) is 0 Å². The molecule has 4 aliphatic rings. The molecule has 0 amide bonds. The van der Waals surface area contributed by atoms with E-state index in [2.05, 4.69) is 29.7 Å². The largest absolute Gasteiger partial charge is 0.492 e. The van der Waals surface area contributed by atoms with Crippen molar-refractivity contribution in [2.75, 3.05) is 13.2 Å². The first-order valence-electron chi connectivity index (χ1n) is 9.20. The number of hydrogen-bond donors (Lipinski definition) is 3. The Morgan fingerprint density at radius 3 is 2.96 bits per heavy atom. The van der Waals surface area contributed by atoms with Crippen molar-refractivity contribution in [3.63, 3.8) is 0 Å². The lowest BCUT2D eigenvalue weighted by Gasteiger charge is -2.38. The van der Waals surface area contributed by atoms with Crippen LogP contribution in [-0.2, 0) is 4.74 Å². The summed E-state index contributed by atoms with van der Waals surface area (Å²) in [4.78, 5) is 0. The zero-order valence-electron chi connectivity index (χ0n) is 14.0. The molecule has 0 aromatic heterocycles. The number of ether oxygens (including phenoxy) is 1. The van der Waals surface area contributed by atoms with E-state index in [0.717, 1.165) is 43.6 Å². The van der Waals surface area contributed by atoms with Crippen LogP contribution < -0.4 is 10.6 Å². The Morgan fingerprint density at radius 2 is 2.17 bits per heavy atom. The zero-order chi connectivity index (χ0) is 15.9. The maximum atomic E-state index is 11.2. The Labute approximate surface area is 138 Å². The smallest absolute Gasteiger partial charge is 0.121 e. The van der Waals surface area contributed by atoms with Gasteiger partial charge in [-0.3, -0.25) is 0 Å². The minimum absolute atomic E-state index is 0.0300. The van der Waals surface area contributed by atoms with Gasteiger partial charge in [-0.25, -0.2) is 0 Å². The lowest BCUT2D eigenvalue weighted by Crippen LogP contribution is -2.52. The Morgan fingerprint density at radius 1 is 1.35 bits per heavy atom. The summed E-state index contributed by atoms with van der Waals surface area (Å²) < 4.78 is 5.98. The van der Waals surface area contributed by atoms with E-state index in [1.54, 1.807) is 0 Å². The van der Waals surface area contributed by atoms with Crippen molar-refractivity contribution in [2.45, 2.75) is 69.6 Å². The Balaban J connectivity index is 1.66. The Hall–Kier alpha value is -1.26. The van der Waals surface area contributed by atoms with Crippen LogP contribution in [0.3, 0.4) is 0 Å². The molecule has 2 aliphatic heterocycles. The van der Waals surface area contributed by atoms with Gasteiger partial charge in [-0.15, -0.1) is 0 Å². The standard InChI is InChI=1S/C19H28N2O2/c1-2-10-20-16-15-14(12-13-7-6-11-23-17(13)16)21-19(18(15)22)8-4-3-5-9-19/h6-7,16,18,20-22H,2-5,8-12H2,1H3. The van der Waals surface area contributed by atoms with Crippen molar-refractivity contribution >= 4 is 0 Å². The summed E-state index contributed by atoms with van der Waals surface area (Å²) in [6.45, 7) is 3.75. The van der Waals surface area contributed by atoms with Crippen LogP contribution in [0.25, 0.3) is 0 Å². The summed E-state index contributed by atoms with van der Waals surface area (Å²) >= 11 is 0. The van der Waals surface area contributed by atoms with E-state index in [1.807, 2.05) is 0 Å². The SMILES string of the molecule is CCCNC1C2=C(C=CCO2)CC2=C1C(O)C1(CCCCC1)N2. The average Bonchev–Trinajstić information content (AvgIpc) is 2.84. The molecule has 0 radical (unpaired) electrons. The molecule has 4 rings (SSSR count). The summed E-state index contributed by atoms with van der Waals surface area (Å²) in [5.74, 6) is 1.04. The van der Waals surface area contributed by atoms with Gasteiger partial charge >= 0.3 is 0 Å². The molecule has 1 saturated carbocycles. The normalized spacial score (nSPS) is 31.7. The molecule has 23 heavy (non-hydrogen) atoms. The highest BCUT2D eigenvalue weighted by Gasteiger charge is 2.51. The van der Waals surface area contributed by atoms with Gasteiger partial charge in [-0.1, -0.05) is 32.3 Å². The number of aliphatic hydroxyl groups is 1. The van der Waals surface area contributed by atoms with Crippen molar-refractivity contribution in [3.8, 4) is 0 Å². The van der Waals surface area contributed by atoms with Crippen LogP contribution in [0.4, 0.5) is 0 Å². The van der Waals surface area contributed by atoms with Gasteiger partial charge in [-0.2, -0.15) is 0 Å². The van der Waals surface area contributed by atoms with E-state index in [1.165, 1.54) is 30.5 Å². The second kappa shape index (κ2) is 5.99. The summed E-state index contributed by atoms with van der Waals surface area (Å²) in [5, 5.41) is 18.6. The second-order valence-corrected chi connectivity index (χ2v) is 7.35. The molecule has 2 unspecified atom stereocenters. The summed E-state index contributed by atoms with van der Waals surface area (Å²) in [6, 6.07) is 0.0300. The molecule has 1 spiro atoms. The van der Waals surface area contributed by atoms with Gasteiger partial charge in [0, 0.05) is 17.7 Å². The minimum Gasteiger partial charge on any atom is -0.492 e. The number of allylic oxidation sites excluding steroid dienone is 2. The van der Waals surface area contributed by atoms with Crippen LogP contribution in [0, 0.1) is 0 Å². The van der Waals surface area contributed by atoms with E-state index >= 15 is 0 Å². The van der Waals surface area contributed by atoms with Crippen molar-refractivity contribution in [1.82, 2.24) is 10.6 Å². The predicted octanol–water partition coefficient (Wildman–Crippen LogP) is 2.52. The quantitative estimate of drug-likeness (QED) is 0.749. The fraction of sp³-hybridized carbons (Fsp3) is 0.684. The summed E-state index contributed by atoms with van der Waals surface area (Å²) in [7, 11) is 0. The highest BCUT2D eigenvalue weighted by atomic mass is 16.5. The number of hydrogen-bond acceptors (Lipinski definition) is 4. The molecule has 0 saturated heterocycles. The first kappa shape index (κ1) is 15.3. The third-order valence-corrected chi connectivity index (χ3v) is 5.82. The van der Waals surface area contributed by atoms with Crippen LogP contribution in [0.2, 0.25) is 0 Å². The fourth-order valence-electron chi connectivity index (χ4n) is 4.70. The van der Waals surface area contributed by atoms with Crippen LogP contribution in [0.1, 0.15) is 51.9 Å². The van der Waals surface area contributed by atoms with Gasteiger partial charge in [0.25, 0.3) is 0 Å². The number of rotatable bonds is 3. The maximum absolute atomic E-state index is 11.2.